The number of hydrazone groups is 1. The van der Waals surface area contributed by atoms with Crippen molar-refractivity contribution in [2.75, 3.05) is 6.61 Å². The number of benzene rings is 1. The molecular weight excluding hydrogens is 407 g/mol. The summed E-state index contributed by atoms with van der Waals surface area (Å²) in [6.07, 6.45) is 2.24. The van der Waals surface area contributed by atoms with Gasteiger partial charge < -0.3 is 9.15 Å². The molecule has 1 amide bonds. The van der Waals surface area contributed by atoms with E-state index < -0.39 is 0 Å². The van der Waals surface area contributed by atoms with Crippen LogP contribution in [0.4, 0.5) is 0 Å². The predicted molar refractivity (Wildman–Crippen MR) is 93.3 cm³/mol. The van der Waals surface area contributed by atoms with Crippen LogP contribution in [0.2, 0.25) is 10.0 Å². The van der Waals surface area contributed by atoms with Crippen LogP contribution in [0.25, 0.3) is 0 Å². The fourth-order valence-electron chi connectivity index (χ4n) is 1.63. The third kappa shape index (κ3) is 6.25. The van der Waals surface area contributed by atoms with Gasteiger partial charge in [-0.25, -0.2) is 5.43 Å². The van der Waals surface area contributed by atoms with Gasteiger partial charge in [0.2, 0.25) is 5.91 Å². The van der Waals surface area contributed by atoms with Crippen molar-refractivity contribution in [2.45, 2.75) is 12.8 Å². The number of carbonyl (C=O) groups is 1. The van der Waals surface area contributed by atoms with Gasteiger partial charge in [0.05, 0.1) is 17.8 Å². The molecule has 0 radical (unpaired) electrons. The molecule has 2 rings (SSSR count). The van der Waals surface area contributed by atoms with Crippen LogP contribution >= 0.6 is 39.1 Å². The number of carbonyl (C=O) groups excluding carboxylic acids is 1. The lowest BCUT2D eigenvalue weighted by atomic mass is 10.3. The van der Waals surface area contributed by atoms with Gasteiger partial charge in [-0.2, -0.15) is 5.10 Å². The fourth-order valence-corrected chi connectivity index (χ4v) is 2.41. The average Bonchev–Trinajstić information content (AvgIpc) is 2.91. The van der Waals surface area contributed by atoms with Gasteiger partial charge in [0.25, 0.3) is 0 Å². The van der Waals surface area contributed by atoms with Crippen LogP contribution in [0.1, 0.15) is 18.6 Å². The second kappa shape index (κ2) is 8.96. The molecule has 1 aromatic heterocycles. The van der Waals surface area contributed by atoms with E-state index in [2.05, 4.69) is 26.5 Å². The molecule has 0 spiro atoms. The number of furan rings is 1. The van der Waals surface area contributed by atoms with Gasteiger partial charge in [0.15, 0.2) is 4.67 Å². The highest BCUT2D eigenvalue weighted by Gasteiger charge is 2.04. The van der Waals surface area contributed by atoms with E-state index in [-0.39, 0.29) is 12.3 Å². The molecule has 8 heteroatoms. The number of ether oxygens (including phenoxy) is 1. The third-order valence-corrected chi connectivity index (χ3v) is 3.63. The van der Waals surface area contributed by atoms with Crippen molar-refractivity contribution in [3.63, 3.8) is 0 Å². The summed E-state index contributed by atoms with van der Waals surface area (Å²) >= 11 is 15.0. The Bertz CT molecular complexity index is 704. The summed E-state index contributed by atoms with van der Waals surface area (Å²) in [4.78, 5) is 11.6. The number of nitrogens with one attached hydrogen (secondary N) is 1. The van der Waals surface area contributed by atoms with Gasteiger partial charge in [0.1, 0.15) is 11.5 Å². The summed E-state index contributed by atoms with van der Waals surface area (Å²) in [5.41, 5.74) is 2.41. The lowest BCUT2D eigenvalue weighted by Gasteiger charge is -2.07. The van der Waals surface area contributed by atoms with Gasteiger partial charge in [-0.05, 0) is 52.7 Å². The molecule has 0 fully saturated rings. The van der Waals surface area contributed by atoms with Crippen molar-refractivity contribution in [1.29, 1.82) is 0 Å². The van der Waals surface area contributed by atoms with Crippen molar-refractivity contribution < 1.29 is 13.9 Å². The predicted octanol–water partition coefficient (Wildman–Crippen LogP) is 4.66. The molecule has 0 unspecified atom stereocenters. The maximum absolute atomic E-state index is 11.6. The van der Waals surface area contributed by atoms with Crippen molar-refractivity contribution in [3.8, 4) is 5.75 Å². The number of amides is 1. The van der Waals surface area contributed by atoms with Gasteiger partial charge in [0, 0.05) is 11.4 Å². The van der Waals surface area contributed by atoms with E-state index >= 15 is 0 Å². The maximum atomic E-state index is 11.6. The first-order valence-electron chi connectivity index (χ1n) is 6.69. The number of rotatable bonds is 7. The summed E-state index contributed by atoms with van der Waals surface area (Å²) in [5, 5.41) is 4.79. The molecule has 0 aliphatic carbocycles. The van der Waals surface area contributed by atoms with Crippen LogP contribution in [-0.4, -0.2) is 18.7 Å². The first-order valence-corrected chi connectivity index (χ1v) is 8.24. The highest BCUT2D eigenvalue weighted by molar-refractivity contribution is 9.10. The maximum Gasteiger partial charge on any atom is 0.240 e. The lowest BCUT2D eigenvalue weighted by Crippen LogP contribution is -2.18. The molecule has 23 heavy (non-hydrogen) atoms. The lowest BCUT2D eigenvalue weighted by molar-refractivity contribution is -0.121. The van der Waals surface area contributed by atoms with E-state index in [1.807, 2.05) is 0 Å². The summed E-state index contributed by atoms with van der Waals surface area (Å²) < 4.78 is 11.3. The van der Waals surface area contributed by atoms with Crippen LogP contribution in [0.5, 0.6) is 5.75 Å². The molecule has 122 valence electrons. The quantitative estimate of drug-likeness (QED) is 0.403. The second-order valence-electron chi connectivity index (χ2n) is 4.46. The summed E-state index contributed by atoms with van der Waals surface area (Å²) in [6, 6.07) is 8.45. The molecule has 0 bridgehead atoms. The Morgan fingerprint density at radius 3 is 2.87 bits per heavy atom. The molecule has 1 aromatic carbocycles. The molecule has 2 aromatic rings. The minimum absolute atomic E-state index is 0.210. The monoisotopic (exact) mass is 418 g/mol. The molecule has 0 atom stereocenters. The van der Waals surface area contributed by atoms with Gasteiger partial charge >= 0.3 is 0 Å². The number of hydrogen-bond acceptors (Lipinski definition) is 4. The number of nitrogens with zero attached hydrogens (tertiary/aromatic N) is 1. The zero-order valence-electron chi connectivity index (χ0n) is 11.9. The van der Waals surface area contributed by atoms with Gasteiger partial charge in [-0.1, -0.05) is 23.2 Å². The summed E-state index contributed by atoms with van der Waals surface area (Å²) in [5.74, 6) is 0.869. The average molecular weight is 420 g/mol. The molecular formula is C15H13BrCl2N2O3. The Morgan fingerprint density at radius 1 is 1.35 bits per heavy atom. The van der Waals surface area contributed by atoms with E-state index in [9.17, 15) is 4.79 Å². The molecule has 0 saturated carbocycles. The van der Waals surface area contributed by atoms with E-state index in [0.717, 1.165) is 0 Å². The van der Waals surface area contributed by atoms with Crippen molar-refractivity contribution >= 4 is 51.3 Å². The molecule has 0 aliphatic rings. The second-order valence-corrected chi connectivity index (χ2v) is 6.09. The molecule has 0 aliphatic heterocycles. The first kappa shape index (κ1) is 17.8. The summed E-state index contributed by atoms with van der Waals surface area (Å²) in [7, 11) is 0. The molecule has 1 heterocycles. The minimum Gasteiger partial charge on any atom is -0.492 e. The van der Waals surface area contributed by atoms with Crippen molar-refractivity contribution in [2.24, 2.45) is 5.10 Å². The van der Waals surface area contributed by atoms with Crippen molar-refractivity contribution in [3.05, 3.63) is 50.8 Å². The Morgan fingerprint density at radius 2 is 2.17 bits per heavy atom. The smallest absolute Gasteiger partial charge is 0.240 e. The van der Waals surface area contributed by atoms with Crippen LogP contribution in [0.15, 0.2) is 44.5 Å². The van der Waals surface area contributed by atoms with Crippen LogP contribution in [-0.2, 0) is 4.79 Å². The van der Waals surface area contributed by atoms with E-state index in [0.29, 0.717) is 39.3 Å². The van der Waals surface area contributed by atoms with Gasteiger partial charge in [-0.3, -0.25) is 4.79 Å². The molecule has 1 N–H and O–H groups in total. The molecule has 0 saturated heterocycles. The zero-order chi connectivity index (χ0) is 16.7. The first-order chi connectivity index (χ1) is 11.0. The largest absolute Gasteiger partial charge is 0.492 e. The Kier molecular flexibility index (Phi) is 6.95. The number of hydrogen-bond donors (Lipinski definition) is 1. The van der Waals surface area contributed by atoms with E-state index in [4.69, 9.17) is 32.4 Å². The SMILES string of the molecule is O=C(CCCOc1ccc(Cl)cc1Cl)NN=Cc1ccc(Br)o1. The minimum atomic E-state index is -0.210. The molecule has 5 nitrogen and oxygen atoms in total. The normalized spacial score (nSPS) is 10.9. The van der Waals surface area contributed by atoms with Gasteiger partial charge in [-0.15, -0.1) is 0 Å². The van der Waals surface area contributed by atoms with Crippen LogP contribution < -0.4 is 10.2 Å². The standard InChI is InChI=1S/C15H13BrCl2N2O3/c16-14-6-4-11(23-14)9-19-20-15(21)2-1-7-22-13-5-3-10(17)8-12(13)18/h3-6,8-9H,1-2,7H2,(H,20,21). The Balaban J connectivity index is 1.65. The van der Waals surface area contributed by atoms with E-state index in [1.54, 1.807) is 30.3 Å². The Hall–Kier alpha value is -1.50. The van der Waals surface area contributed by atoms with Crippen LogP contribution in [0, 0.1) is 0 Å². The Labute approximate surface area is 151 Å². The van der Waals surface area contributed by atoms with Crippen molar-refractivity contribution in [1.82, 2.24) is 5.43 Å². The number of halogens is 3. The topological polar surface area (TPSA) is 63.8 Å². The van der Waals surface area contributed by atoms with E-state index in [1.165, 1.54) is 6.21 Å². The highest BCUT2D eigenvalue weighted by atomic mass is 79.9. The summed E-state index contributed by atoms with van der Waals surface area (Å²) in [6.45, 7) is 0.365. The fraction of sp³-hybridized carbons (Fsp3) is 0.200. The third-order valence-electron chi connectivity index (χ3n) is 2.67. The zero-order valence-corrected chi connectivity index (χ0v) is 15.0. The highest BCUT2D eigenvalue weighted by Crippen LogP contribution is 2.27. The van der Waals surface area contributed by atoms with Crippen LogP contribution in [0.3, 0.4) is 0 Å².